The van der Waals surface area contributed by atoms with Gasteiger partial charge in [-0.1, -0.05) is 54.1 Å². The van der Waals surface area contributed by atoms with Crippen molar-refractivity contribution in [3.63, 3.8) is 0 Å². The van der Waals surface area contributed by atoms with Crippen molar-refractivity contribution in [1.29, 1.82) is 0 Å². The summed E-state index contributed by atoms with van der Waals surface area (Å²) < 4.78 is 25.1. The predicted octanol–water partition coefficient (Wildman–Crippen LogP) is 5.52. The number of anilines is 1. The minimum atomic E-state index is -1.01. The summed E-state index contributed by atoms with van der Waals surface area (Å²) in [6, 6.07) is 20.0. The topological polar surface area (TPSA) is 68.5 Å². The van der Waals surface area contributed by atoms with E-state index in [0.717, 1.165) is 5.56 Å². The molecule has 3 aromatic carbocycles. The van der Waals surface area contributed by atoms with E-state index in [0.29, 0.717) is 16.5 Å². The van der Waals surface area contributed by atoms with Crippen LogP contribution in [0.25, 0.3) is 11.0 Å². The fraction of sp³-hybridized carbons (Fsp3) is 0.120. The first-order chi connectivity index (χ1) is 14.9. The number of rotatable bonds is 6. The average Bonchev–Trinajstić information content (AvgIpc) is 3.13. The van der Waals surface area contributed by atoms with Gasteiger partial charge >= 0.3 is 0 Å². The number of halogens is 1. The third kappa shape index (κ3) is 4.19. The van der Waals surface area contributed by atoms with E-state index in [2.05, 4.69) is 5.32 Å². The number of carbonyl (C=O) groups is 2. The predicted molar refractivity (Wildman–Crippen MR) is 116 cm³/mol. The van der Waals surface area contributed by atoms with Gasteiger partial charge in [-0.15, -0.1) is 0 Å². The Bertz CT molecular complexity index is 1260. The van der Waals surface area contributed by atoms with E-state index in [9.17, 15) is 14.0 Å². The molecule has 156 valence electrons. The maximum Gasteiger partial charge on any atom is 0.265 e. The molecule has 0 aliphatic heterocycles. The molecule has 31 heavy (non-hydrogen) atoms. The zero-order chi connectivity index (χ0) is 22.0. The van der Waals surface area contributed by atoms with Gasteiger partial charge in [-0.25, -0.2) is 4.39 Å². The number of para-hydroxylation sites is 2. The molecule has 6 heteroatoms. The molecule has 1 aromatic heterocycles. The maximum absolute atomic E-state index is 13.9. The van der Waals surface area contributed by atoms with Crippen LogP contribution in [-0.2, 0) is 4.79 Å². The number of hydrogen-bond acceptors (Lipinski definition) is 4. The highest BCUT2D eigenvalue weighted by Gasteiger charge is 2.25. The van der Waals surface area contributed by atoms with Gasteiger partial charge in [-0.3, -0.25) is 9.59 Å². The summed E-state index contributed by atoms with van der Waals surface area (Å²) in [5.74, 6) is -1.46. The lowest BCUT2D eigenvalue weighted by molar-refractivity contribution is -0.122. The number of carbonyl (C=O) groups excluding carboxylic acids is 2. The fourth-order valence-electron chi connectivity index (χ4n) is 3.17. The molecule has 1 N–H and O–H groups in total. The lowest BCUT2D eigenvalue weighted by atomic mass is 10.1. The summed E-state index contributed by atoms with van der Waals surface area (Å²) >= 11 is 0. The molecule has 0 saturated carbocycles. The average molecular weight is 417 g/mol. The number of amides is 1. The van der Waals surface area contributed by atoms with Gasteiger partial charge in [-0.2, -0.15) is 0 Å². The van der Waals surface area contributed by atoms with Crippen LogP contribution in [0.5, 0.6) is 5.75 Å². The van der Waals surface area contributed by atoms with Crippen LogP contribution in [0.15, 0.2) is 77.2 Å². The fourth-order valence-corrected chi connectivity index (χ4v) is 3.17. The number of aryl methyl sites for hydroxylation is 1. The molecule has 1 atom stereocenters. The van der Waals surface area contributed by atoms with Gasteiger partial charge in [-0.05, 0) is 38.1 Å². The van der Waals surface area contributed by atoms with Crippen LogP contribution in [0.3, 0.4) is 0 Å². The van der Waals surface area contributed by atoms with Gasteiger partial charge in [0.25, 0.3) is 5.91 Å². The van der Waals surface area contributed by atoms with E-state index in [1.165, 1.54) is 25.1 Å². The van der Waals surface area contributed by atoms with E-state index in [4.69, 9.17) is 9.15 Å². The number of nitrogens with one attached hydrogen (secondary N) is 1. The van der Waals surface area contributed by atoms with Crippen molar-refractivity contribution in [2.45, 2.75) is 20.0 Å². The lowest BCUT2D eigenvalue weighted by Crippen LogP contribution is -2.30. The van der Waals surface area contributed by atoms with Gasteiger partial charge in [0, 0.05) is 10.9 Å². The minimum absolute atomic E-state index is 0.0245. The number of fused-ring (bicyclic) bond motifs is 1. The maximum atomic E-state index is 13.9. The minimum Gasteiger partial charge on any atom is -0.478 e. The van der Waals surface area contributed by atoms with Crippen LogP contribution >= 0.6 is 0 Å². The van der Waals surface area contributed by atoms with Gasteiger partial charge in [0.15, 0.2) is 23.4 Å². The third-order valence-electron chi connectivity index (χ3n) is 4.87. The first-order valence-corrected chi connectivity index (χ1v) is 9.79. The quantitative estimate of drug-likeness (QED) is 0.420. The van der Waals surface area contributed by atoms with Crippen molar-refractivity contribution in [2.24, 2.45) is 0 Å². The number of ketones is 1. The van der Waals surface area contributed by atoms with E-state index >= 15 is 0 Å². The summed E-state index contributed by atoms with van der Waals surface area (Å²) in [4.78, 5) is 25.9. The number of hydrogen-bond donors (Lipinski definition) is 1. The number of furan rings is 1. The zero-order valence-electron chi connectivity index (χ0n) is 17.0. The molecule has 1 unspecified atom stereocenters. The molecule has 0 saturated heterocycles. The molecule has 0 aliphatic carbocycles. The monoisotopic (exact) mass is 417 g/mol. The second-order valence-corrected chi connectivity index (χ2v) is 7.18. The largest absolute Gasteiger partial charge is 0.478 e. The molecule has 1 heterocycles. The summed E-state index contributed by atoms with van der Waals surface area (Å²) in [7, 11) is 0. The standard InChI is InChI=1S/C25H20FNO4/c1-15-11-13-17(14-12-15)23(28)24-22(18-7-3-5-9-20(18)31-24)27-25(29)16(2)30-21-10-6-4-8-19(21)26/h3-14,16H,1-2H3,(H,27,29). The van der Waals surface area contributed by atoms with Crippen LogP contribution in [0.4, 0.5) is 10.1 Å². The molecular formula is C25H20FNO4. The normalized spacial score (nSPS) is 11.8. The zero-order valence-corrected chi connectivity index (χ0v) is 17.0. The summed E-state index contributed by atoms with van der Waals surface area (Å²) in [5.41, 5.74) is 2.19. The van der Waals surface area contributed by atoms with Crippen LogP contribution < -0.4 is 10.1 Å². The van der Waals surface area contributed by atoms with Crippen molar-refractivity contribution in [3.05, 3.63) is 95.5 Å². The molecule has 4 rings (SSSR count). The highest BCUT2D eigenvalue weighted by atomic mass is 19.1. The van der Waals surface area contributed by atoms with E-state index in [-0.39, 0.29) is 23.0 Å². The Kier molecular flexibility index (Phi) is 5.54. The Hall–Kier alpha value is -3.93. The third-order valence-corrected chi connectivity index (χ3v) is 4.87. The van der Waals surface area contributed by atoms with Crippen LogP contribution in [-0.4, -0.2) is 17.8 Å². The molecule has 0 fully saturated rings. The highest BCUT2D eigenvalue weighted by Crippen LogP contribution is 2.33. The van der Waals surface area contributed by atoms with Crippen molar-refractivity contribution in [1.82, 2.24) is 0 Å². The first kappa shape index (κ1) is 20.3. The van der Waals surface area contributed by atoms with E-state index in [1.807, 2.05) is 19.1 Å². The molecular weight excluding hydrogens is 397 g/mol. The number of ether oxygens (including phenoxy) is 1. The number of benzene rings is 3. The molecule has 5 nitrogen and oxygen atoms in total. The van der Waals surface area contributed by atoms with Crippen molar-refractivity contribution in [3.8, 4) is 5.75 Å². The van der Waals surface area contributed by atoms with Crippen molar-refractivity contribution < 1.29 is 23.1 Å². The van der Waals surface area contributed by atoms with Crippen LogP contribution in [0.2, 0.25) is 0 Å². The van der Waals surface area contributed by atoms with Gasteiger partial charge < -0.3 is 14.5 Å². The summed E-state index contributed by atoms with van der Waals surface area (Å²) in [6.45, 7) is 3.43. The lowest BCUT2D eigenvalue weighted by Gasteiger charge is -2.15. The Balaban J connectivity index is 1.65. The second kappa shape index (κ2) is 8.44. The Morgan fingerprint density at radius 1 is 0.968 bits per heavy atom. The highest BCUT2D eigenvalue weighted by molar-refractivity contribution is 6.17. The first-order valence-electron chi connectivity index (χ1n) is 9.79. The van der Waals surface area contributed by atoms with E-state index in [1.54, 1.807) is 42.5 Å². The molecule has 0 spiro atoms. The van der Waals surface area contributed by atoms with E-state index < -0.39 is 17.8 Å². The molecule has 0 bridgehead atoms. The SMILES string of the molecule is Cc1ccc(C(=O)c2oc3ccccc3c2NC(=O)C(C)Oc2ccccc2F)cc1. The molecule has 0 aliphatic rings. The van der Waals surface area contributed by atoms with Crippen LogP contribution in [0, 0.1) is 12.7 Å². The molecule has 1 amide bonds. The van der Waals surface area contributed by atoms with Crippen molar-refractivity contribution in [2.75, 3.05) is 5.32 Å². The molecule has 4 aromatic rings. The Morgan fingerprint density at radius 2 is 1.65 bits per heavy atom. The van der Waals surface area contributed by atoms with Crippen LogP contribution in [0.1, 0.15) is 28.6 Å². The smallest absolute Gasteiger partial charge is 0.265 e. The van der Waals surface area contributed by atoms with Gasteiger partial charge in [0.05, 0.1) is 5.69 Å². The molecule has 0 radical (unpaired) electrons. The van der Waals surface area contributed by atoms with Gasteiger partial charge in [0.2, 0.25) is 5.78 Å². The van der Waals surface area contributed by atoms with Gasteiger partial charge in [0.1, 0.15) is 5.58 Å². The van der Waals surface area contributed by atoms with Crippen molar-refractivity contribution >= 4 is 28.3 Å². The summed E-state index contributed by atoms with van der Waals surface area (Å²) in [6.07, 6.45) is -1.01. The Morgan fingerprint density at radius 3 is 2.39 bits per heavy atom. The summed E-state index contributed by atoms with van der Waals surface area (Å²) in [5, 5.41) is 3.32. The Labute approximate surface area is 178 Å². The second-order valence-electron chi connectivity index (χ2n) is 7.18.